The summed E-state index contributed by atoms with van der Waals surface area (Å²) in [6.07, 6.45) is 5.59. The monoisotopic (exact) mass is 164 g/mol. The normalized spacial score (nSPS) is 26.0. The maximum absolute atomic E-state index is 8.76. The minimum absolute atomic E-state index is 0.141. The van der Waals surface area contributed by atoms with Crippen molar-refractivity contribution in [2.24, 2.45) is 10.9 Å². The van der Waals surface area contributed by atoms with Crippen LogP contribution in [0.3, 0.4) is 0 Å². The largest absolute Gasteiger partial charge is 0.293 e. The molecule has 0 spiro atoms. The first-order valence-corrected chi connectivity index (χ1v) is 4.81. The second-order valence-electron chi connectivity index (χ2n) is 3.30. The Morgan fingerprint density at radius 1 is 1.67 bits per heavy atom. The molecule has 0 aromatic rings. The summed E-state index contributed by atoms with van der Waals surface area (Å²) in [5.41, 5.74) is 1.16. The van der Waals surface area contributed by atoms with Gasteiger partial charge >= 0.3 is 0 Å². The van der Waals surface area contributed by atoms with Crippen molar-refractivity contribution in [1.29, 1.82) is 5.26 Å². The molecule has 0 saturated heterocycles. The zero-order valence-electron chi connectivity index (χ0n) is 7.71. The number of aliphatic imine (C=N–C) groups is 1. The predicted molar refractivity (Wildman–Crippen MR) is 50.2 cm³/mol. The van der Waals surface area contributed by atoms with Crippen LogP contribution < -0.4 is 0 Å². The maximum atomic E-state index is 8.76. The van der Waals surface area contributed by atoms with E-state index in [0.29, 0.717) is 0 Å². The highest BCUT2D eigenvalue weighted by Crippen LogP contribution is 2.21. The van der Waals surface area contributed by atoms with Gasteiger partial charge in [-0.15, -0.1) is 0 Å². The number of hydrogen-bond donors (Lipinski definition) is 0. The molecule has 0 N–H and O–H groups in total. The Hall–Kier alpha value is -0.840. The summed E-state index contributed by atoms with van der Waals surface area (Å²) in [5.74, 6) is 0.141. The minimum atomic E-state index is 0.141. The van der Waals surface area contributed by atoms with Gasteiger partial charge in [-0.25, -0.2) is 0 Å². The molecule has 0 bridgehead atoms. The highest BCUT2D eigenvalue weighted by Gasteiger charge is 2.21. The Kier molecular flexibility index (Phi) is 3.79. The molecule has 2 nitrogen and oxygen atoms in total. The van der Waals surface area contributed by atoms with Gasteiger partial charge in [0.1, 0.15) is 0 Å². The SMILES string of the molecule is CCCCN=C1CCCC1C#N. The number of hydrogen-bond acceptors (Lipinski definition) is 2. The summed E-state index contributed by atoms with van der Waals surface area (Å²) < 4.78 is 0. The van der Waals surface area contributed by atoms with Gasteiger partial charge in [0.25, 0.3) is 0 Å². The van der Waals surface area contributed by atoms with Crippen molar-refractivity contribution in [3.8, 4) is 6.07 Å². The first-order valence-electron chi connectivity index (χ1n) is 4.81. The molecule has 1 saturated carbocycles. The van der Waals surface area contributed by atoms with E-state index in [9.17, 15) is 0 Å². The third kappa shape index (κ3) is 2.34. The van der Waals surface area contributed by atoms with Gasteiger partial charge in [-0.2, -0.15) is 5.26 Å². The number of nitrogens with zero attached hydrogens (tertiary/aromatic N) is 2. The van der Waals surface area contributed by atoms with E-state index < -0.39 is 0 Å². The van der Waals surface area contributed by atoms with Crippen molar-refractivity contribution in [2.45, 2.75) is 39.0 Å². The second kappa shape index (κ2) is 4.92. The van der Waals surface area contributed by atoms with Crippen LogP contribution >= 0.6 is 0 Å². The van der Waals surface area contributed by atoms with Crippen LogP contribution in [0.2, 0.25) is 0 Å². The molecule has 0 aromatic heterocycles. The lowest BCUT2D eigenvalue weighted by Gasteiger charge is -1.99. The summed E-state index contributed by atoms with van der Waals surface area (Å²) in [7, 11) is 0. The second-order valence-corrected chi connectivity index (χ2v) is 3.30. The third-order valence-corrected chi connectivity index (χ3v) is 2.31. The van der Waals surface area contributed by atoms with Gasteiger partial charge in [0.05, 0.1) is 12.0 Å². The minimum Gasteiger partial charge on any atom is -0.293 e. The van der Waals surface area contributed by atoms with E-state index in [0.717, 1.165) is 37.9 Å². The van der Waals surface area contributed by atoms with Crippen molar-refractivity contribution in [2.75, 3.05) is 6.54 Å². The predicted octanol–water partition coefficient (Wildman–Crippen LogP) is 2.55. The van der Waals surface area contributed by atoms with Crippen LogP contribution in [-0.2, 0) is 0 Å². The van der Waals surface area contributed by atoms with Gasteiger partial charge in [0.15, 0.2) is 0 Å². The van der Waals surface area contributed by atoms with E-state index in [2.05, 4.69) is 18.0 Å². The van der Waals surface area contributed by atoms with Crippen molar-refractivity contribution < 1.29 is 0 Å². The first-order chi connectivity index (χ1) is 5.88. The summed E-state index contributed by atoms with van der Waals surface area (Å²) in [6.45, 7) is 3.08. The fourth-order valence-corrected chi connectivity index (χ4v) is 1.54. The zero-order valence-corrected chi connectivity index (χ0v) is 7.71. The third-order valence-electron chi connectivity index (χ3n) is 2.31. The van der Waals surface area contributed by atoms with Crippen LogP contribution in [0.4, 0.5) is 0 Å². The number of unbranched alkanes of at least 4 members (excludes halogenated alkanes) is 1. The van der Waals surface area contributed by atoms with Crippen LogP contribution in [0.25, 0.3) is 0 Å². The molecule has 12 heavy (non-hydrogen) atoms. The molecule has 1 rings (SSSR count). The Labute approximate surface area is 74.3 Å². The average molecular weight is 164 g/mol. The van der Waals surface area contributed by atoms with E-state index in [-0.39, 0.29) is 5.92 Å². The molecule has 1 fully saturated rings. The Balaban J connectivity index is 2.39. The number of rotatable bonds is 3. The summed E-state index contributed by atoms with van der Waals surface area (Å²) >= 11 is 0. The topological polar surface area (TPSA) is 36.1 Å². The fourth-order valence-electron chi connectivity index (χ4n) is 1.54. The molecule has 0 aliphatic heterocycles. The molecule has 0 heterocycles. The molecule has 1 atom stereocenters. The lowest BCUT2D eigenvalue weighted by Crippen LogP contribution is -2.04. The van der Waals surface area contributed by atoms with Gasteiger partial charge in [-0.1, -0.05) is 13.3 Å². The van der Waals surface area contributed by atoms with Crippen LogP contribution in [0.15, 0.2) is 4.99 Å². The van der Waals surface area contributed by atoms with Gasteiger partial charge in [0.2, 0.25) is 0 Å². The van der Waals surface area contributed by atoms with Crippen molar-refractivity contribution >= 4 is 5.71 Å². The average Bonchev–Trinajstić information content (AvgIpc) is 2.52. The van der Waals surface area contributed by atoms with Crippen LogP contribution in [0.5, 0.6) is 0 Å². The van der Waals surface area contributed by atoms with E-state index in [1.54, 1.807) is 0 Å². The standard InChI is InChI=1S/C10H16N2/c1-2-3-7-12-10-6-4-5-9(10)8-11/h9H,2-7H2,1H3. The van der Waals surface area contributed by atoms with Crippen LogP contribution in [0, 0.1) is 17.2 Å². The zero-order chi connectivity index (χ0) is 8.81. The number of nitriles is 1. The van der Waals surface area contributed by atoms with Gasteiger partial charge < -0.3 is 0 Å². The molecule has 0 radical (unpaired) electrons. The van der Waals surface area contributed by atoms with E-state index in [4.69, 9.17) is 5.26 Å². The van der Waals surface area contributed by atoms with Crippen molar-refractivity contribution in [3.05, 3.63) is 0 Å². The molecule has 0 aromatic carbocycles. The molecule has 66 valence electrons. The van der Waals surface area contributed by atoms with Crippen molar-refractivity contribution in [1.82, 2.24) is 0 Å². The molecule has 1 aliphatic rings. The molecule has 1 aliphatic carbocycles. The maximum Gasteiger partial charge on any atom is 0.0841 e. The Bertz CT molecular complexity index is 200. The van der Waals surface area contributed by atoms with Crippen molar-refractivity contribution in [3.63, 3.8) is 0 Å². The molecular formula is C10H16N2. The molecular weight excluding hydrogens is 148 g/mol. The lowest BCUT2D eigenvalue weighted by molar-refractivity contribution is 0.785. The van der Waals surface area contributed by atoms with E-state index >= 15 is 0 Å². The fraction of sp³-hybridized carbons (Fsp3) is 0.800. The van der Waals surface area contributed by atoms with Crippen LogP contribution in [-0.4, -0.2) is 12.3 Å². The van der Waals surface area contributed by atoms with E-state index in [1.807, 2.05) is 0 Å². The quantitative estimate of drug-likeness (QED) is 0.590. The summed E-state index contributed by atoms with van der Waals surface area (Å²) in [5, 5.41) is 8.76. The smallest absolute Gasteiger partial charge is 0.0841 e. The summed E-state index contributed by atoms with van der Waals surface area (Å²) in [6, 6.07) is 2.31. The molecule has 1 unspecified atom stereocenters. The van der Waals surface area contributed by atoms with Gasteiger partial charge in [0, 0.05) is 12.3 Å². The Morgan fingerprint density at radius 3 is 3.17 bits per heavy atom. The summed E-state index contributed by atoms with van der Waals surface area (Å²) in [4.78, 5) is 4.46. The Morgan fingerprint density at radius 2 is 2.50 bits per heavy atom. The van der Waals surface area contributed by atoms with Gasteiger partial charge in [-0.3, -0.25) is 4.99 Å². The van der Waals surface area contributed by atoms with Gasteiger partial charge in [-0.05, 0) is 25.7 Å². The molecule has 0 amide bonds. The lowest BCUT2D eigenvalue weighted by atomic mass is 10.1. The highest BCUT2D eigenvalue weighted by molar-refractivity contribution is 5.90. The highest BCUT2D eigenvalue weighted by atomic mass is 14.7. The van der Waals surface area contributed by atoms with E-state index in [1.165, 1.54) is 6.42 Å². The first kappa shape index (κ1) is 9.25. The molecule has 2 heteroatoms. The van der Waals surface area contributed by atoms with Crippen LogP contribution in [0.1, 0.15) is 39.0 Å².